The third-order valence-electron chi connectivity index (χ3n) is 9.13. The molecule has 0 aromatic heterocycles. The number of carbonyl (C=O) groups is 3. The summed E-state index contributed by atoms with van der Waals surface area (Å²) in [5.74, 6) is -2.64. The van der Waals surface area contributed by atoms with E-state index >= 15 is 0 Å². The van der Waals surface area contributed by atoms with Crippen LogP contribution in [-0.2, 0) is 19.1 Å². The minimum absolute atomic E-state index is 0.0669. The predicted molar refractivity (Wildman–Crippen MR) is 144 cm³/mol. The molecule has 38 heavy (non-hydrogen) atoms. The first-order valence-electron chi connectivity index (χ1n) is 13.4. The van der Waals surface area contributed by atoms with Gasteiger partial charge in [0.15, 0.2) is 0 Å². The summed E-state index contributed by atoms with van der Waals surface area (Å²) >= 11 is 0. The molecule has 3 heterocycles. The fraction of sp³-hybridized carbons (Fsp3) is 0.500. The molecule has 3 aliphatic heterocycles. The van der Waals surface area contributed by atoms with E-state index in [-0.39, 0.29) is 30.2 Å². The van der Waals surface area contributed by atoms with Gasteiger partial charge in [-0.05, 0) is 62.8 Å². The van der Waals surface area contributed by atoms with Crippen LogP contribution in [0.15, 0.2) is 48.5 Å². The van der Waals surface area contributed by atoms with Crippen LogP contribution in [0.4, 0.5) is 11.4 Å². The van der Waals surface area contributed by atoms with E-state index in [0.29, 0.717) is 24.2 Å². The number of fused-ring (bicyclic) bond motifs is 1. The second kappa shape index (κ2) is 9.50. The third-order valence-corrected chi connectivity index (χ3v) is 9.13. The molecule has 7 atom stereocenters. The number of aliphatic hydroxyl groups is 1. The van der Waals surface area contributed by atoms with Gasteiger partial charge < -0.3 is 25.4 Å². The zero-order chi connectivity index (χ0) is 27.4. The fourth-order valence-corrected chi connectivity index (χ4v) is 7.13. The van der Waals surface area contributed by atoms with Crippen LogP contribution in [0.3, 0.4) is 0 Å². The molecule has 3 saturated heterocycles. The van der Waals surface area contributed by atoms with Gasteiger partial charge >= 0.3 is 0 Å². The topological polar surface area (TPSA) is 108 Å². The Hall–Kier alpha value is -3.23. The van der Waals surface area contributed by atoms with Crippen molar-refractivity contribution in [3.63, 3.8) is 0 Å². The Balaban J connectivity index is 1.58. The molecule has 3 N–H and O–H groups in total. The van der Waals surface area contributed by atoms with Crippen molar-refractivity contribution in [1.82, 2.24) is 4.90 Å². The van der Waals surface area contributed by atoms with E-state index in [2.05, 4.69) is 10.6 Å². The molecule has 202 valence electrons. The van der Waals surface area contributed by atoms with Crippen LogP contribution in [0.5, 0.6) is 0 Å². The van der Waals surface area contributed by atoms with Gasteiger partial charge in [0.1, 0.15) is 11.6 Å². The number of hydrogen-bond acceptors (Lipinski definition) is 5. The van der Waals surface area contributed by atoms with Gasteiger partial charge in [0.05, 0.1) is 30.1 Å². The zero-order valence-corrected chi connectivity index (χ0v) is 22.7. The Labute approximate surface area is 223 Å². The molecule has 2 aromatic carbocycles. The third kappa shape index (κ3) is 3.76. The number of anilines is 2. The maximum Gasteiger partial charge on any atom is 0.250 e. The predicted octanol–water partition coefficient (Wildman–Crippen LogP) is 3.66. The molecule has 5 rings (SSSR count). The number of hydrogen-bond donors (Lipinski definition) is 3. The smallest absolute Gasteiger partial charge is 0.250 e. The summed E-state index contributed by atoms with van der Waals surface area (Å²) in [4.78, 5) is 43.7. The number of amides is 3. The van der Waals surface area contributed by atoms with E-state index in [9.17, 15) is 19.5 Å². The van der Waals surface area contributed by atoms with E-state index < -0.39 is 35.1 Å². The van der Waals surface area contributed by atoms with Gasteiger partial charge in [0.2, 0.25) is 17.7 Å². The van der Waals surface area contributed by atoms with Crippen molar-refractivity contribution in [1.29, 1.82) is 0 Å². The minimum Gasteiger partial charge on any atom is -0.394 e. The van der Waals surface area contributed by atoms with E-state index in [1.54, 1.807) is 12.1 Å². The van der Waals surface area contributed by atoms with E-state index in [0.717, 1.165) is 11.1 Å². The van der Waals surface area contributed by atoms with Gasteiger partial charge in [0.25, 0.3) is 0 Å². The van der Waals surface area contributed by atoms with Crippen LogP contribution < -0.4 is 10.6 Å². The molecule has 3 fully saturated rings. The summed E-state index contributed by atoms with van der Waals surface area (Å²) in [5.41, 5.74) is 1.08. The molecular weight excluding hydrogens is 482 g/mol. The maximum atomic E-state index is 14.2. The number of aliphatic hydroxyl groups excluding tert-OH is 1. The molecule has 8 heteroatoms. The highest BCUT2D eigenvalue weighted by Crippen LogP contribution is 2.65. The molecule has 0 aliphatic carbocycles. The molecule has 2 aromatic rings. The van der Waals surface area contributed by atoms with E-state index in [4.69, 9.17) is 4.74 Å². The molecule has 3 aliphatic rings. The van der Waals surface area contributed by atoms with Gasteiger partial charge in [-0.15, -0.1) is 0 Å². The minimum atomic E-state index is -1.17. The average Bonchev–Trinajstić information content (AvgIpc) is 3.40. The Kier molecular flexibility index (Phi) is 6.60. The Morgan fingerprint density at radius 1 is 1.08 bits per heavy atom. The molecule has 8 nitrogen and oxygen atoms in total. The number of benzene rings is 2. The second-order valence-electron chi connectivity index (χ2n) is 11.3. The number of nitrogens with one attached hydrogen (secondary N) is 2. The highest BCUT2D eigenvalue weighted by molar-refractivity contribution is 6.05. The average molecular weight is 520 g/mol. The quantitative estimate of drug-likeness (QED) is 0.518. The van der Waals surface area contributed by atoms with Crippen molar-refractivity contribution in [2.75, 3.05) is 17.2 Å². The summed E-state index contributed by atoms with van der Waals surface area (Å²) in [6.45, 7) is 9.35. The monoisotopic (exact) mass is 519 g/mol. The van der Waals surface area contributed by atoms with Gasteiger partial charge in [-0.3, -0.25) is 14.4 Å². The Morgan fingerprint density at radius 3 is 2.34 bits per heavy atom. The maximum absolute atomic E-state index is 14.2. The first kappa shape index (κ1) is 26.4. The first-order chi connectivity index (χ1) is 18.1. The Bertz CT molecular complexity index is 1240. The van der Waals surface area contributed by atoms with Crippen LogP contribution >= 0.6 is 0 Å². The summed E-state index contributed by atoms with van der Waals surface area (Å²) in [5, 5.41) is 16.3. The number of likely N-dealkylation sites (tertiary alicyclic amines) is 1. The number of para-hydroxylation sites is 2. The number of rotatable bonds is 7. The van der Waals surface area contributed by atoms with Crippen LogP contribution in [0.1, 0.15) is 44.7 Å². The van der Waals surface area contributed by atoms with Crippen LogP contribution in [-0.4, -0.2) is 57.6 Å². The molecule has 1 spiro atoms. The van der Waals surface area contributed by atoms with E-state index in [1.807, 2.05) is 71.0 Å². The second-order valence-corrected chi connectivity index (χ2v) is 11.3. The van der Waals surface area contributed by atoms with Crippen LogP contribution in [0.25, 0.3) is 0 Å². The van der Waals surface area contributed by atoms with Crippen LogP contribution in [0, 0.1) is 31.6 Å². The molecule has 3 amide bonds. The van der Waals surface area contributed by atoms with E-state index in [1.165, 1.54) is 4.90 Å². The van der Waals surface area contributed by atoms with Crippen molar-refractivity contribution in [2.45, 2.75) is 70.7 Å². The van der Waals surface area contributed by atoms with Crippen LogP contribution in [0.2, 0.25) is 0 Å². The number of carbonyl (C=O) groups excluding carboxylic acids is 3. The SMILES string of the molecule is CC[C@@H](CO)N1C(=O)[C@@H]2[C@@H](C(=O)Nc3ccccc3)[C@]3(C)OC2(CC3C)C1C(=O)Nc1c(C)cccc1C. The summed E-state index contributed by atoms with van der Waals surface area (Å²) in [7, 11) is 0. The van der Waals surface area contributed by atoms with Crippen molar-refractivity contribution < 1.29 is 24.2 Å². The summed E-state index contributed by atoms with van der Waals surface area (Å²) in [6, 6.07) is 13.4. The lowest BCUT2D eigenvalue weighted by Gasteiger charge is -2.36. The number of nitrogens with zero attached hydrogens (tertiary/aromatic N) is 1. The Morgan fingerprint density at radius 2 is 1.74 bits per heavy atom. The standard InChI is InChI=1S/C30H37N3O5/c1-6-21(16-34)33-25(27(36)32-24-17(2)11-10-12-18(24)3)30-15-19(4)29(5,38-30)22(23(30)28(33)37)26(35)31-20-13-8-7-9-14-20/h7-14,19,21-23,25,34H,6,15-16H2,1-5H3,(H,31,35)(H,32,36)/t19?,21-,22-,23-,25?,29+,30?/m0/s1. The molecule has 2 bridgehead atoms. The number of ether oxygens (including phenoxy) is 1. The zero-order valence-electron chi connectivity index (χ0n) is 22.7. The lowest BCUT2D eigenvalue weighted by molar-refractivity contribution is -0.148. The van der Waals surface area contributed by atoms with Crippen molar-refractivity contribution >= 4 is 29.1 Å². The van der Waals surface area contributed by atoms with Gasteiger partial charge in [-0.2, -0.15) is 0 Å². The van der Waals surface area contributed by atoms with Gasteiger partial charge in [-0.25, -0.2) is 0 Å². The van der Waals surface area contributed by atoms with Gasteiger partial charge in [-0.1, -0.05) is 50.2 Å². The highest BCUT2D eigenvalue weighted by atomic mass is 16.5. The number of aryl methyl sites for hydroxylation is 2. The summed E-state index contributed by atoms with van der Waals surface area (Å²) in [6.07, 6.45) is 0.935. The lowest BCUT2D eigenvalue weighted by Crippen LogP contribution is -2.56. The summed E-state index contributed by atoms with van der Waals surface area (Å²) < 4.78 is 6.76. The van der Waals surface area contributed by atoms with Crippen molar-refractivity contribution in [3.05, 3.63) is 59.7 Å². The fourth-order valence-electron chi connectivity index (χ4n) is 7.13. The first-order valence-corrected chi connectivity index (χ1v) is 13.4. The molecular formula is C30H37N3O5. The normalized spacial score (nSPS) is 32.3. The molecule has 3 unspecified atom stereocenters. The van der Waals surface area contributed by atoms with Crippen molar-refractivity contribution in [3.8, 4) is 0 Å². The highest BCUT2D eigenvalue weighted by Gasteiger charge is 2.80. The lowest BCUT2D eigenvalue weighted by atomic mass is 9.62. The molecule has 0 saturated carbocycles. The van der Waals surface area contributed by atoms with Gasteiger partial charge in [0, 0.05) is 11.4 Å². The largest absolute Gasteiger partial charge is 0.394 e. The molecule has 0 radical (unpaired) electrons. The van der Waals surface area contributed by atoms with Crippen molar-refractivity contribution in [2.24, 2.45) is 17.8 Å².